The zero-order valence-electron chi connectivity index (χ0n) is 16.4. The van der Waals surface area contributed by atoms with Gasteiger partial charge in [0.25, 0.3) is 5.19 Å². The highest BCUT2D eigenvalue weighted by atomic mass is 32.2. The first-order valence-corrected chi connectivity index (χ1v) is 12.3. The summed E-state index contributed by atoms with van der Waals surface area (Å²) < 4.78 is 43.5. The highest BCUT2D eigenvalue weighted by Crippen LogP contribution is 2.31. The third-order valence-corrected chi connectivity index (χ3v) is 7.16. The van der Waals surface area contributed by atoms with Crippen LogP contribution >= 0.6 is 11.3 Å². The minimum atomic E-state index is -3.25. The molecular formula is C21H21FN2O4S2. The number of aromatic nitrogens is 1. The van der Waals surface area contributed by atoms with Crippen molar-refractivity contribution >= 4 is 37.3 Å². The van der Waals surface area contributed by atoms with Gasteiger partial charge in [-0.15, -0.1) is 0 Å². The number of hydrogen-bond acceptors (Lipinski definition) is 6. The second-order valence-corrected chi connectivity index (χ2v) is 10.4. The Hall–Kier alpha value is -2.52. The largest absolute Gasteiger partial charge is 0.467 e. The lowest BCUT2D eigenvalue weighted by atomic mass is 10.1. The molecule has 158 valence electrons. The van der Waals surface area contributed by atoms with Crippen molar-refractivity contribution in [3.8, 4) is 5.19 Å². The van der Waals surface area contributed by atoms with Gasteiger partial charge in [0.15, 0.2) is 9.84 Å². The SMILES string of the molecule is CS(=O)(=O)c1ccc(CC(=O)N2CCC(Oc3nc4c(F)cccc4s3)CC2)cc1. The lowest BCUT2D eigenvalue weighted by Crippen LogP contribution is -2.42. The zero-order chi connectivity index (χ0) is 21.3. The van der Waals surface area contributed by atoms with Crippen LogP contribution in [0.15, 0.2) is 47.4 Å². The maximum Gasteiger partial charge on any atom is 0.274 e. The van der Waals surface area contributed by atoms with E-state index in [4.69, 9.17) is 4.74 Å². The topological polar surface area (TPSA) is 76.6 Å². The molecule has 1 saturated heterocycles. The molecule has 0 unspecified atom stereocenters. The van der Waals surface area contributed by atoms with E-state index in [2.05, 4.69) is 4.98 Å². The number of thiazole rings is 1. The monoisotopic (exact) mass is 448 g/mol. The molecule has 1 amide bonds. The predicted molar refractivity (Wildman–Crippen MR) is 113 cm³/mol. The van der Waals surface area contributed by atoms with Crippen molar-refractivity contribution in [1.82, 2.24) is 9.88 Å². The number of rotatable bonds is 5. The summed E-state index contributed by atoms with van der Waals surface area (Å²) in [6.07, 6.45) is 2.68. The van der Waals surface area contributed by atoms with Gasteiger partial charge in [0, 0.05) is 32.2 Å². The molecule has 1 fully saturated rings. The molecule has 9 heteroatoms. The number of benzene rings is 2. The van der Waals surface area contributed by atoms with Crippen molar-refractivity contribution in [2.24, 2.45) is 0 Å². The maximum atomic E-state index is 13.8. The van der Waals surface area contributed by atoms with Gasteiger partial charge in [-0.05, 0) is 29.8 Å². The van der Waals surface area contributed by atoms with Crippen molar-refractivity contribution in [2.45, 2.75) is 30.3 Å². The average molecular weight is 449 g/mol. The molecule has 0 bridgehead atoms. The summed E-state index contributed by atoms with van der Waals surface area (Å²) in [5, 5.41) is 0.450. The van der Waals surface area contributed by atoms with Gasteiger partial charge in [0.2, 0.25) is 5.91 Å². The van der Waals surface area contributed by atoms with E-state index >= 15 is 0 Å². The minimum absolute atomic E-state index is 0.00242. The van der Waals surface area contributed by atoms with Crippen molar-refractivity contribution in [1.29, 1.82) is 0 Å². The van der Waals surface area contributed by atoms with Crippen molar-refractivity contribution in [3.63, 3.8) is 0 Å². The van der Waals surface area contributed by atoms with Gasteiger partial charge in [-0.2, -0.15) is 4.98 Å². The van der Waals surface area contributed by atoms with Crippen LogP contribution in [-0.2, 0) is 21.1 Å². The summed E-state index contributed by atoms with van der Waals surface area (Å²) >= 11 is 1.32. The Morgan fingerprint density at radius 3 is 2.53 bits per heavy atom. The number of ether oxygens (including phenoxy) is 1. The van der Waals surface area contributed by atoms with Crippen molar-refractivity contribution < 1.29 is 22.3 Å². The Kier molecular flexibility index (Phi) is 5.75. The van der Waals surface area contributed by atoms with E-state index in [-0.39, 0.29) is 29.1 Å². The van der Waals surface area contributed by atoms with Crippen LogP contribution in [0.2, 0.25) is 0 Å². The molecule has 2 heterocycles. The second kappa shape index (κ2) is 8.31. The smallest absolute Gasteiger partial charge is 0.274 e. The van der Waals surface area contributed by atoms with Gasteiger partial charge in [0.05, 0.1) is 16.0 Å². The molecule has 0 atom stereocenters. The number of fused-ring (bicyclic) bond motifs is 1. The first kappa shape index (κ1) is 20.7. The number of carbonyl (C=O) groups excluding carboxylic acids is 1. The van der Waals surface area contributed by atoms with E-state index in [0.717, 1.165) is 16.5 Å². The molecule has 0 N–H and O–H groups in total. The van der Waals surface area contributed by atoms with E-state index < -0.39 is 9.84 Å². The number of para-hydroxylation sites is 1. The first-order valence-electron chi connectivity index (χ1n) is 9.58. The molecule has 4 rings (SSSR count). The van der Waals surface area contributed by atoms with Crippen LogP contribution in [0.5, 0.6) is 5.19 Å². The normalized spacial score (nSPS) is 15.5. The zero-order valence-corrected chi connectivity index (χ0v) is 18.0. The Balaban J connectivity index is 1.31. The lowest BCUT2D eigenvalue weighted by molar-refractivity contribution is -0.132. The summed E-state index contributed by atoms with van der Waals surface area (Å²) in [6.45, 7) is 1.15. The Morgan fingerprint density at radius 1 is 1.20 bits per heavy atom. The summed E-state index contributed by atoms with van der Waals surface area (Å²) in [7, 11) is -3.25. The predicted octanol–water partition coefficient (Wildman–Crippen LogP) is 3.45. The van der Waals surface area contributed by atoms with Gasteiger partial charge < -0.3 is 9.64 Å². The number of likely N-dealkylation sites (tertiary alicyclic amines) is 1. The molecule has 1 aliphatic heterocycles. The highest BCUT2D eigenvalue weighted by molar-refractivity contribution is 7.90. The van der Waals surface area contributed by atoms with Gasteiger partial charge in [-0.1, -0.05) is 29.5 Å². The third kappa shape index (κ3) is 4.62. The molecule has 0 aliphatic carbocycles. The van der Waals surface area contributed by atoms with E-state index in [1.807, 2.05) is 6.07 Å². The molecule has 30 heavy (non-hydrogen) atoms. The maximum absolute atomic E-state index is 13.8. The Bertz CT molecular complexity index is 1170. The standard InChI is InChI=1S/C21H21FN2O4S2/c1-30(26,27)16-7-5-14(6-8-16)13-19(25)24-11-9-15(10-12-24)28-21-23-20-17(22)3-2-4-18(20)29-21/h2-8,15H,9-13H2,1H3. The van der Waals surface area contributed by atoms with E-state index in [0.29, 0.717) is 36.6 Å². The molecule has 0 radical (unpaired) electrons. The number of halogens is 1. The number of amides is 1. The molecule has 0 spiro atoms. The first-order chi connectivity index (χ1) is 14.3. The minimum Gasteiger partial charge on any atom is -0.467 e. The Labute approximate surface area is 178 Å². The molecular weight excluding hydrogens is 427 g/mol. The summed E-state index contributed by atoms with van der Waals surface area (Å²) in [4.78, 5) is 18.9. The number of sulfone groups is 1. The number of hydrogen-bond donors (Lipinski definition) is 0. The van der Waals surface area contributed by atoms with Crippen molar-refractivity contribution in [2.75, 3.05) is 19.3 Å². The summed E-state index contributed by atoms with van der Waals surface area (Å²) in [5.41, 5.74) is 1.11. The second-order valence-electron chi connectivity index (χ2n) is 7.36. The Morgan fingerprint density at radius 2 is 1.90 bits per heavy atom. The average Bonchev–Trinajstić information content (AvgIpc) is 3.12. The van der Waals surface area contributed by atoms with E-state index in [9.17, 15) is 17.6 Å². The van der Waals surface area contributed by atoms with Gasteiger partial charge in [0.1, 0.15) is 17.4 Å². The fraction of sp³-hybridized carbons (Fsp3) is 0.333. The van der Waals surface area contributed by atoms with Crippen LogP contribution in [0.25, 0.3) is 10.2 Å². The fourth-order valence-corrected chi connectivity index (χ4v) is 4.98. The van der Waals surface area contributed by atoms with Gasteiger partial charge in [-0.25, -0.2) is 12.8 Å². The molecule has 2 aromatic carbocycles. The highest BCUT2D eigenvalue weighted by Gasteiger charge is 2.25. The van der Waals surface area contributed by atoms with Crippen LogP contribution in [0.1, 0.15) is 18.4 Å². The quantitative estimate of drug-likeness (QED) is 0.598. The van der Waals surface area contributed by atoms with Crippen molar-refractivity contribution in [3.05, 3.63) is 53.8 Å². The van der Waals surface area contributed by atoms with Crippen LogP contribution in [0, 0.1) is 5.82 Å². The molecule has 0 saturated carbocycles. The van der Waals surface area contributed by atoms with Crippen LogP contribution in [-0.4, -0.2) is 49.7 Å². The van der Waals surface area contributed by atoms with Crippen LogP contribution in [0.3, 0.4) is 0 Å². The van der Waals surface area contributed by atoms with Gasteiger partial charge in [-0.3, -0.25) is 4.79 Å². The summed E-state index contributed by atoms with van der Waals surface area (Å²) in [6, 6.07) is 11.3. The van der Waals surface area contributed by atoms with Gasteiger partial charge >= 0.3 is 0 Å². The molecule has 1 aromatic heterocycles. The van der Waals surface area contributed by atoms with Crippen LogP contribution in [0.4, 0.5) is 4.39 Å². The number of carbonyl (C=O) groups is 1. The molecule has 3 aromatic rings. The van der Waals surface area contributed by atoms with Crippen LogP contribution < -0.4 is 4.74 Å². The molecule has 6 nitrogen and oxygen atoms in total. The lowest BCUT2D eigenvalue weighted by Gasteiger charge is -2.31. The number of piperidine rings is 1. The van der Waals surface area contributed by atoms with E-state index in [1.54, 1.807) is 23.1 Å². The molecule has 1 aliphatic rings. The third-order valence-electron chi connectivity index (χ3n) is 5.12. The fourth-order valence-electron chi connectivity index (χ4n) is 3.45. The van der Waals surface area contributed by atoms with E-state index in [1.165, 1.54) is 29.5 Å². The number of nitrogens with zero attached hydrogens (tertiary/aromatic N) is 2. The summed E-state index contributed by atoms with van der Waals surface area (Å²) in [5.74, 6) is -0.355.